The van der Waals surface area contributed by atoms with Gasteiger partial charge in [-0.1, -0.05) is 6.58 Å². The Kier molecular flexibility index (Phi) is 10.1. The molecule has 4 rings (SSSR count). The number of amides is 1. The minimum absolute atomic E-state index is 0.110. The van der Waals surface area contributed by atoms with E-state index in [0.29, 0.717) is 47.0 Å². The van der Waals surface area contributed by atoms with Crippen LogP contribution in [0.15, 0.2) is 51.9 Å². The van der Waals surface area contributed by atoms with Crippen molar-refractivity contribution in [3.63, 3.8) is 0 Å². The average molecular weight is 625 g/mol. The molecule has 11 heteroatoms. The molecule has 2 aliphatic rings. The van der Waals surface area contributed by atoms with Crippen LogP contribution in [-0.2, 0) is 9.59 Å². The Morgan fingerprint density at radius 2 is 2.08 bits per heavy atom. The van der Waals surface area contributed by atoms with Crippen molar-refractivity contribution >= 4 is 58.6 Å². The Morgan fingerprint density at radius 1 is 1.26 bits per heavy atom. The van der Waals surface area contributed by atoms with E-state index in [1.54, 1.807) is 34.4 Å². The van der Waals surface area contributed by atoms with Gasteiger partial charge in [-0.2, -0.15) is 0 Å². The van der Waals surface area contributed by atoms with Crippen molar-refractivity contribution in [3.8, 4) is 5.75 Å². The first-order chi connectivity index (χ1) is 18.2. The number of benzene rings is 1. The third kappa shape index (κ3) is 7.97. The summed E-state index contributed by atoms with van der Waals surface area (Å²) < 4.78 is 10.7. The predicted octanol–water partition coefficient (Wildman–Crippen LogP) is 3.69. The van der Waals surface area contributed by atoms with Gasteiger partial charge in [0.2, 0.25) is 0 Å². The molecular weight excluding hydrogens is 589 g/mol. The Hall–Kier alpha value is -2.07. The summed E-state index contributed by atoms with van der Waals surface area (Å²) in [6.45, 7) is 8.35. The van der Waals surface area contributed by atoms with Gasteiger partial charge in [0.25, 0.3) is 0 Å². The SMILES string of the molecule is C=C1N[C@H]2CSC(CCCCC(=O)NCCS[Se]CC(C)(C)C(=O)Oc3ccc4ccc(=O)oc4c3)[C@H]2N1. The van der Waals surface area contributed by atoms with Gasteiger partial charge in [-0.3, -0.25) is 0 Å². The zero-order valence-electron chi connectivity index (χ0n) is 21.7. The predicted molar refractivity (Wildman–Crippen MR) is 156 cm³/mol. The van der Waals surface area contributed by atoms with Crippen LogP contribution in [0.1, 0.15) is 39.5 Å². The number of unbranched alkanes of at least 4 members (excludes halogenated alkanes) is 1. The maximum atomic E-state index is 12.7. The third-order valence-corrected chi connectivity index (χ3v) is 13.1. The average Bonchev–Trinajstić information content (AvgIpc) is 3.42. The fourth-order valence-electron chi connectivity index (χ4n) is 4.36. The second-order valence-electron chi connectivity index (χ2n) is 10.2. The van der Waals surface area contributed by atoms with Crippen LogP contribution in [0, 0.1) is 5.41 Å². The summed E-state index contributed by atoms with van der Waals surface area (Å²) in [6, 6.07) is 9.01. The molecule has 0 spiro atoms. The maximum absolute atomic E-state index is 12.7. The number of ether oxygens (including phenoxy) is 1. The molecule has 2 aromatic rings. The first kappa shape index (κ1) is 28.9. The fourth-order valence-corrected chi connectivity index (χ4v) is 10.5. The van der Waals surface area contributed by atoms with E-state index in [1.165, 1.54) is 6.07 Å². The molecule has 0 radical (unpaired) electrons. The van der Waals surface area contributed by atoms with Gasteiger partial charge in [-0.05, 0) is 0 Å². The number of nitrogens with one attached hydrogen (secondary N) is 3. The van der Waals surface area contributed by atoms with Crippen LogP contribution in [0.5, 0.6) is 5.75 Å². The van der Waals surface area contributed by atoms with E-state index < -0.39 is 11.0 Å². The number of fused-ring (bicyclic) bond motifs is 2. The van der Waals surface area contributed by atoms with E-state index >= 15 is 0 Å². The molecule has 2 aliphatic heterocycles. The second-order valence-corrected chi connectivity index (χ2v) is 15.9. The molecule has 3 atom stereocenters. The Morgan fingerprint density at radius 3 is 2.92 bits per heavy atom. The first-order valence-corrected chi connectivity index (χ1v) is 18.1. The summed E-state index contributed by atoms with van der Waals surface area (Å²) in [5, 5.41) is 11.9. The molecule has 3 N–H and O–H groups in total. The zero-order valence-corrected chi connectivity index (χ0v) is 25.1. The van der Waals surface area contributed by atoms with Gasteiger partial charge in [-0.25, -0.2) is 0 Å². The summed E-state index contributed by atoms with van der Waals surface area (Å²) in [6.07, 6.45) is 3.65. The second kappa shape index (κ2) is 13.3. The molecule has 0 aliphatic carbocycles. The summed E-state index contributed by atoms with van der Waals surface area (Å²) in [7, 11) is 1.77. The first-order valence-electron chi connectivity index (χ1n) is 12.8. The standard InChI is InChI=1S/C27H35N3O5S2Se/c1-17-29-20-15-36-22(25(20)30-17)6-4-5-7-23(31)28-12-13-37-38-16-27(2,3)26(33)34-19-10-8-18-9-11-24(32)35-21(18)14-19/h8-11,14,20,22,25,29-30H,1,4-7,12-13,15-16H2,2-3H3,(H,28,31)/t20-,22?,25-/m0/s1. The van der Waals surface area contributed by atoms with Gasteiger partial charge in [0.15, 0.2) is 0 Å². The molecule has 8 nitrogen and oxygen atoms in total. The van der Waals surface area contributed by atoms with E-state index in [4.69, 9.17) is 9.15 Å². The van der Waals surface area contributed by atoms with Crippen molar-refractivity contribution in [2.45, 2.75) is 62.2 Å². The quantitative estimate of drug-likeness (QED) is 0.101. The van der Waals surface area contributed by atoms with Crippen molar-refractivity contribution < 1.29 is 18.7 Å². The van der Waals surface area contributed by atoms with E-state index in [1.807, 2.05) is 25.6 Å². The van der Waals surface area contributed by atoms with E-state index in [9.17, 15) is 14.4 Å². The van der Waals surface area contributed by atoms with Crippen LogP contribution < -0.4 is 26.3 Å². The summed E-state index contributed by atoms with van der Waals surface area (Å²) >= 11 is 2.19. The van der Waals surface area contributed by atoms with Crippen LogP contribution in [0.2, 0.25) is 5.32 Å². The van der Waals surface area contributed by atoms with Gasteiger partial charge in [-0.15, -0.1) is 0 Å². The molecule has 206 valence electrons. The zero-order chi connectivity index (χ0) is 27.1. The van der Waals surface area contributed by atoms with Gasteiger partial charge < -0.3 is 5.32 Å². The van der Waals surface area contributed by atoms with E-state index in [-0.39, 0.29) is 25.7 Å². The van der Waals surface area contributed by atoms with Crippen LogP contribution in [-0.4, -0.2) is 61.1 Å². The Bertz CT molecular complexity index is 1220. The third-order valence-electron chi connectivity index (χ3n) is 6.54. The van der Waals surface area contributed by atoms with Gasteiger partial charge in [0.1, 0.15) is 0 Å². The van der Waals surface area contributed by atoms with E-state index in [0.717, 1.165) is 42.0 Å². The molecule has 2 fully saturated rings. The van der Waals surface area contributed by atoms with Crippen molar-refractivity contribution in [1.82, 2.24) is 16.0 Å². The monoisotopic (exact) mass is 625 g/mol. The van der Waals surface area contributed by atoms with Crippen molar-refractivity contribution in [3.05, 3.63) is 53.2 Å². The number of esters is 1. The molecule has 1 unspecified atom stereocenters. The van der Waals surface area contributed by atoms with Crippen LogP contribution in [0.3, 0.4) is 0 Å². The number of hydrogen-bond donors (Lipinski definition) is 3. The van der Waals surface area contributed by atoms with Gasteiger partial charge >= 0.3 is 220 Å². The van der Waals surface area contributed by atoms with Crippen LogP contribution in [0.4, 0.5) is 0 Å². The number of thioether (sulfide) groups is 1. The Balaban J connectivity index is 1.06. The normalized spacial score (nSPS) is 20.6. The number of hydrogen-bond acceptors (Lipinski definition) is 9. The van der Waals surface area contributed by atoms with E-state index in [2.05, 4.69) is 22.5 Å². The van der Waals surface area contributed by atoms with Crippen molar-refractivity contribution in [1.29, 1.82) is 0 Å². The molecule has 0 saturated carbocycles. The molecule has 1 aromatic carbocycles. The number of rotatable bonds is 13. The minimum atomic E-state index is -0.641. The molecule has 38 heavy (non-hydrogen) atoms. The molecule has 2 saturated heterocycles. The fraction of sp³-hybridized carbons (Fsp3) is 0.519. The van der Waals surface area contributed by atoms with Crippen LogP contribution in [0.25, 0.3) is 11.0 Å². The molecule has 3 heterocycles. The van der Waals surface area contributed by atoms with Crippen LogP contribution >= 0.6 is 21.9 Å². The molecule has 1 aromatic heterocycles. The van der Waals surface area contributed by atoms with Crippen molar-refractivity contribution in [2.24, 2.45) is 5.41 Å². The summed E-state index contributed by atoms with van der Waals surface area (Å²) in [5.74, 6) is 3.03. The van der Waals surface area contributed by atoms with Crippen molar-refractivity contribution in [2.75, 3.05) is 18.1 Å². The van der Waals surface area contributed by atoms with Gasteiger partial charge in [0.05, 0.1) is 5.82 Å². The van der Waals surface area contributed by atoms with Gasteiger partial charge in [0, 0.05) is 0 Å². The summed E-state index contributed by atoms with van der Waals surface area (Å²) in [5.41, 5.74) is -0.697. The number of carbonyl (C=O) groups excluding carboxylic acids is 2. The molecular formula is C27H35N3O5S2Se. The summed E-state index contributed by atoms with van der Waals surface area (Å²) in [4.78, 5) is 36.4. The Labute approximate surface area is 237 Å². The topological polar surface area (TPSA) is 110 Å². The number of carbonyl (C=O) groups is 2. The molecule has 0 bridgehead atoms. The molecule has 1 amide bonds.